The van der Waals surface area contributed by atoms with Crippen molar-refractivity contribution in [3.8, 4) is 0 Å². The molecule has 23 heavy (non-hydrogen) atoms. The summed E-state index contributed by atoms with van der Waals surface area (Å²) in [4.78, 5) is 14.9. The van der Waals surface area contributed by atoms with Crippen LogP contribution >= 0.6 is 12.4 Å². The van der Waals surface area contributed by atoms with Crippen molar-refractivity contribution in [1.82, 2.24) is 5.32 Å². The molecule has 1 saturated heterocycles. The molecule has 2 aromatic rings. The van der Waals surface area contributed by atoms with Crippen molar-refractivity contribution in [2.75, 3.05) is 18.0 Å². The predicted molar refractivity (Wildman–Crippen MR) is 96.9 cm³/mol. The van der Waals surface area contributed by atoms with E-state index >= 15 is 0 Å². The number of rotatable bonds is 4. The Labute approximate surface area is 144 Å². The highest BCUT2D eigenvalue weighted by Gasteiger charge is 2.26. The Morgan fingerprint density at radius 2 is 1.70 bits per heavy atom. The third kappa shape index (κ3) is 4.57. The van der Waals surface area contributed by atoms with E-state index in [0.717, 1.165) is 37.2 Å². The van der Waals surface area contributed by atoms with Crippen molar-refractivity contribution in [3.63, 3.8) is 0 Å². The maximum Gasteiger partial charge on any atom is 0.231 e. The summed E-state index contributed by atoms with van der Waals surface area (Å²) in [7, 11) is 0. The number of benzene rings is 2. The van der Waals surface area contributed by atoms with Crippen LogP contribution in [0.3, 0.4) is 0 Å². The highest BCUT2D eigenvalue weighted by atomic mass is 35.5. The number of para-hydroxylation sites is 1. The van der Waals surface area contributed by atoms with E-state index in [1.54, 1.807) is 0 Å². The van der Waals surface area contributed by atoms with E-state index < -0.39 is 0 Å². The number of nitrogens with one attached hydrogen (secondary N) is 1. The van der Waals surface area contributed by atoms with Crippen LogP contribution < -0.4 is 10.2 Å². The molecule has 1 heterocycles. The van der Waals surface area contributed by atoms with Crippen LogP contribution in [0, 0.1) is 5.92 Å². The number of piperidine rings is 1. The summed E-state index contributed by atoms with van der Waals surface area (Å²) in [5.74, 6) is 0.305. The van der Waals surface area contributed by atoms with E-state index in [9.17, 15) is 4.79 Å². The lowest BCUT2D eigenvalue weighted by atomic mass is 9.97. The lowest BCUT2D eigenvalue weighted by molar-refractivity contribution is -0.123. The van der Waals surface area contributed by atoms with Crippen LogP contribution in [0.15, 0.2) is 60.7 Å². The lowest BCUT2D eigenvalue weighted by Crippen LogP contribution is -2.42. The lowest BCUT2D eigenvalue weighted by Gasteiger charge is -2.30. The standard InChI is InChI=1S/C19H22N2O.ClH/c22-19(17-10-7-13-20-14-17)21(18-11-5-2-6-12-18)15-16-8-3-1-4-9-16;/h1-6,8-9,11-12,17,20H,7,10,13-15H2;1H. The van der Waals surface area contributed by atoms with Gasteiger partial charge in [0.1, 0.15) is 0 Å². The van der Waals surface area contributed by atoms with Gasteiger partial charge in [-0.25, -0.2) is 0 Å². The fraction of sp³-hybridized carbons (Fsp3) is 0.316. The monoisotopic (exact) mass is 330 g/mol. The van der Waals surface area contributed by atoms with Crippen molar-refractivity contribution in [2.45, 2.75) is 19.4 Å². The predicted octanol–water partition coefficient (Wildman–Crippen LogP) is 3.64. The molecule has 122 valence electrons. The Hall–Kier alpha value is -1.84. The van der Waals surface area contributed by atoms with Crippen LogP contribution in [0.25, 0.3) is 0 Å². The second-order valence-electron chi connectivity index (χ2n) is 5.79. The van der Waals surface area contributed by atoms with Crippen LogP contribution in [0.5, 0.6) is 0 Å². The van der Waals surface area contributed by atoms with E-state index in [4.69, 9.17) is 0 Å². The van der Waals surface area contributed by atoms with Gasteiger partial charge in [0, 0.05) is 12.2 Å². The Balaban J connectivity index is 0.00000192. The molecule has 0 radical (unpaired) electrons. The van der Waals surface area contributed by atoms with Crippen molar-refractivity contribution in [2.24, 2.45) is 5.92 Å². The summed E-state index contributed by atoms with van der Waals surface area (Å²) in [6.07, 6.45) is 2.05. The van der Waals surface area contributed by atoms with Crippen molar-refractivity contribution >= 4 is 24.0 Å². The SMILES string of the molecule is Cl.O=C(C1CCCNC1)N(Cc1ccccc1)c1ccccc1. The van der Waals surface area contributed by atoms with E-state index in [0.29, 0.717) is 6.54 Å². The minimum atomic E-state index is 0. The molecular weight excluding hydrogens is 308 g/mol. The molecule has 4 heteroatoms. The van der Waals surface area contributed by atoms with Crippen LogP contribution in [-0.2, 0) is 11.3 Å². The van der Waals surface area contributed by atoms with Crippen LogP contribution in [0.1, 0.15) is 18.4 Å². The second-order valence-corrected chi connectivity index (χ2v) is 5.79. The van der Waals surface area contributed by atoms with Crippen LogP contribution in [0.2, 0.25) is 0 Å². The molecule has 0 bridgehead atoms. The van der Waals surface area contributed by atoms with E-state index in [1.165, 1.54) is 0 Å². The molecule has 0 saturated carbocycles. The minimum Gasteiger partial charge on any atom is -0.316 e. The van der Waals surface area contributed by atoms with Gasteiger partial charge in [0.2, 0.25) is 5.91 Å². The van der Waals surface area contributed by atoms with Gasteiger partial charge in [-0.15, -0.1) is 12.4 Å². The molecule has 1 atom stereocenters. The quantitative estimate of drug-likeness (QED) is 0.928. The summed E-state index contributed by atoms with van der Waals surface area (Å²) >= 11 is 0. The Morgan fingerprint density at radius 3 is 2.30 bits per heavy atom. The summed E-state index contributed by atoms with van der Waals surface area (Å²) in [5, 5.41) is 3.34. The van der Waals surface area contributed by atoms with Crippen LogP contribution in [-0.4, -0.2) is 19.0 Å². The average Bonchev–Trinajstić information content (AvgIpc) is 2.61. The molecule has 2 aromatic carbocycles. The Bertz CT molecular complexity index is 597. The maximum absolute atomic E-state index is 13.0. The highest BCUT2D eigenvalue weighted by molar-refractivity contribution is 5.95. The summed E-state index contributed by atoms with van der Waals surface area (Å²) in [6, 6.07) is 20.2. The molecule has 1 fully saturated rings. The topological polar surface area (TPSA) is 32.3 Å². The molecule has 3 rings (SSSR count). The first-order chi connectivity index (χ1) is 10.8. The number of carbonyl (C=O) groups excluding carboxylic acids is 1. The molecule has 1 N–H and O–H groups in total. The minimum absolute atomic E-state index is 0. The van der Waals surface area contributed by atoms with Crippen LogP contribution in [0.4, 0.5) is 5.69 Å². The highest BCUT2D eigenvalue weighted by Crippen LogP contribution is 2.22. The van der Waals surface area contributed by atoms with Gasteiger partial charge >= 0.3 is 0 Å². The van der Waals surface area contributed by atoms with Gasteiger partial charge < -0.3 is 10.2 Å². The van der Waals surface area contributed by atoms with Crippen molar-refractivity contribution in [1.29, 1.82) is 0 Å². The van der Waals surface area contributed by atoms with Gasteiger partial charge in [0.25, 0.3) is 0 Å². The van der Waals surface area contributed by atoms with Crippen molar-refractivity contribution < 1.29 is 4.79 Å². The molecule has 1 aliphatic rings. The molecule has 1 aliphatic heterocycles. The van der Waals surface area contributed by atoms with Gasteiger partial charge in [-0.3, -0.25) is 4.79 Å². The van der Waals surface area contributed by atoms with E-state index in [2.05, 4.69) is 17.4 Å². The zero-order chi connectivity index (χ0) is 15.2. The molecule has 0 spiro atoms. The number of hydrogen-bond acceptors (Lipinski definition) is 2. The molecule has 1 amide bonds. The number of anilines is 1. The van der Waals surface area contributed by atoms with Crippen molar-refractivity contribution in [3.05, 3.63) is 66.2 Å². The van der Waals surface area contributed by atoms with Gasteiger partial charge in [-0.2, -0.15) is 0 Å². The summed E-state index contributed by atoms with van der Waals surface area (Å²) in [6.45, 7) is 2.44. The molecule has 0 aromatic heterocycles. The third-order valence-corrected chi connectivity index (χ3v) is 4.16. The van der Waals surface area contributed by atoms with Gasteiger partial charge in [-0.05, 0) is 37.1 Å². The van der Waals surface area contributed by atoms with E-state index in [-0.39, 0.29) is 24.2 Å². The average molecular weight is 331 g/mol. The first-order valence-corrected chi connectivity index (χ1v) is 7.95. The normalized spacial score (nSPS) is 17.1. The Kier molecular flexibility index (Phi) is 6.63. The largest absolute Gasteiger partial charge is 0.316 e. The van der Waals surface area contributed by atoms with E-state index in [1.807, 2.05) is 53.4 Å². The fourth-order valence-corrected chi connectivity index (χ4v) is 2.95. The number of hydrogen-bond donors (Lipinski definition) is 1. The second kappa shape index (κ2) is 8.70. The first-order valence-electron chi connectivity index (χ1n) is 7.95. The smallest absolute Gasteiger partial charge is 0.231 e. The Morgan fingerprint density at radius 1 is 1.04 bits per heavy atom. The zero-order valence-corrected chi connectivity index (χ0v) is 14.0. The maximum atomic E-state index is 13.0. The molecule has 3 nitrogen and oxygen atoms in total. The first kappa shape index (κ1) is 17.5. The number of halogens is 1. The number of amides is 1. The van der Waals surface area contributed by atoms with Gasteiger partial charge in [0.05, 0.1) is 12.5 Å². The zero-order valence-electron chi connectivity index (χ0n) is 13.2. The number of carbonyl (C=O) groups is 1. The molecular formula is C19H23ClN2O. The molecule has 1 unspecified atom stereocenters. The number of nitrogens with zero attached hydrogens (tertiary/aromatic N) is 1. The van der Waals surface area contributed by atoms with Gasteiger partial charge in [0.15, 0.2) is 0 Å². The fourth-order valence-electron chi connectivity index (χ4n) is 2.95. The van der Waals surface area contributed by atoms with Gasteiger partial charge in [-0.1, -0.05) is 48.5 Å². The summed E-state index contributed by atoms with van der Waals surface area (Å²) < 4.78 is 0. The summed E-state index contributed by atoms with van der Waals surface area (Å²) in [5.41, 5.74) is 2.13. The third-order valence-electron chi connectivity index (χ3n) is 4.16. The molecule has 0 aliphatic carbocycles.